The summed E-state index contributed by atoms with van der Waals surface area (Å²) >= 11 is 0. The average Bonchev–Trinajstić information content (AvgIpc) is 1.87. The number of hydrogen-bond donors (Lipinski definition) is 1. The molecule has 0 fully saturated rings. The first-order valence-corrected chi connectivity index (χ1v) is 2.87. The third-order valence-electron chi connectivity index (χ3n) is 0.830. The van der Waals surface area contributed by atoms with E-state index in [0.29, 0.717) is 6.21 Å². The third kappa shape index (κ3) is 4.90. The number of carbonyl (C=O) groups excluding carboxylic acids is 2. The van der Waals surface area contributed by atoms with E-state index in [2.05, 4.69) is 0 Å². The lowest BCUT2D eigenvalue weighted by Gasteiger charge is -1.81. The average molecular weight is 139 g/mol. The van der Waals surface area contributed by atoms with Crippen LogP contribution < -0.4 is 0 Å². The van der Waals surface area contributed by atoms with Crippen molar-refractivity contribution in [2.75, 3.05) is 0 Å². The van der Waals surface area contributed by atoms with Crippen molar-refractivity contribution in [1.29, 1.82) is 5.41 Å². The van der Waals surface area contributed by atoms with Gasteiger partial charge in [-0.05, 0) is 13.0 Å². The zero-order valence-corrected chi connectivity index (χ0v) is 5.76. The van der Waals surface area contributed by atoms with Gasteiger partial charge in [0.25, 0.3) is 0 Å². The van der Waals surface area contributed by atoms with Gasteiger partial charge in [0.2, 0.25) is 0 Å². The van der Waals surface area contributed by atoms with E-state index < -0.39 is 0 Å². The second kappa shape index (κ2) is 4.61. The van der Waals surface area contributed by atoms with Gasteiger partial charge in [0, 0.05) is 6.42 Å². The summed E-state index contributed by atoms with van der Waals surface area (Å²) in [6.07, 6.45) is 3.64. The summed E-state index contributed by atoms with van der Waals surface area (Å²) < 4.78 is 0. The van der Waals surface area contributed by atoms with Gasteiger partial charge in [0.15, 0.2) is 5.78 Å². The zero-order valence-electron chi connectivity index (χ0n) is 5.76. The van der Waals surface area contributed by atoms with E-state index in [1.807, 2.05) is 0 Å². The molecular weight excluding hydrogens is 130 g/mol. The lowest BCUT2D eigenvalue weighted by Crippen LogP contribution is -1.92. The number of allylic oxidation sites excluding steroid dienone is 2. The molecule has 54 valence electrons. The van der Waals surface area contributed by atoms with Crippen molar-refractivity contribution in [1.82, 2.24) is 0 Å². The summed E-state index contributed by atoms with van der Waals surface area (Å²) in [6, 6.07) is 0. The van der Waals surface area contributed by atoms with Crippen LogP contribution in [0.3, 0.4) is 0 Å². The molecule has 0 saturated carbocycles. The van der Waals surface area contributed by atoms with Gasteiger partial charge >= 0.3 is 0 Å². The van der Waals surface area contributed by atoms with Gasteiger partial charge in [0.05, 0.1) is 6.21 Å². The molecule has 0 aliphatic carbocycles. The Hall–Kier alpha value is -1.25. The maximum absolute atomic E-state index is 10.4. The monoisotopic (exact) mass is 139 g/mol. The minimum absolute atomic E-state index is 0.00836. The van der Waals surface area contributed by atoms with Gasteiger partial charge in [0.1, 0.15) is 5.78 Å². The van der Waals surface area contributed by atoms with E-state index in [-0.39, 0.29) is 18.0 Å². The fourth-order valence-corrected chi connectivity index (χ4v) is 0.389. The molecule has 3 nitrogen and oxygen atoms in total. The molecule has 0 bridgehead atoms. The summed E-state index contributed by atoms with van der Waals surface area (Å²) in [5.41, 5.74) is 0. The standard InChI is InChI=1S/C7H9NO2/c1-6(9)3-2-4-7(10)5-8/h2,4-5,8H,3H2,1H3/b4-2-,8-5?. The minimum atomic E-state index is -0.388. The number of rotatable bonds is 4. The first-order valence-electron chi connectivity index (χ1n) is 2.87. The van der Waals surface area contributed by atoms with Crippen LogP contribution in [0.5, 0.6) is 0 Å². The second-order valence-electron chi connectivity index (χ2n) is 1.86. The SMILES string of the molecule is CC(=O)C/C=C\C(=O)C=N. The molecule has 0 amide bonds. The molecule has 0 saturated heterocycles. The Morgan fingerprint density at radius 2 is 2.10 bits per heavy atom. The molecular formula is C7H9NO2. The Balaban J connectivity index is 3.66. The van der Waals surface area contributed by atoms with Gasteiger partial charge in [-0.3, -0.25) is 9.59 Å². The highest BCUT2D eigenvalue weighted by atomic mass is 16.1. The van der Waals surface area contributed by atoms with Crippen LogP contribution >= 0.6 is 0 Å². The van der Waals surface area contributed by atoms with Crippen molar-refractivity contribution >= 4 is 17.8 Å². The van der Waals surface area contributed by atoms with Crippen LogP contribution in [-0.2, 0) is 9.59 Å². The number of nitrogens with one attached hydrogen (secondary N) is 1. The smallest absolute Gasteiger partial charge is 0.195 e. The van der Waals surface area contributed by atoms with Crippen LogP contribution in [0, 0.1) is 5.41 Å². The molecule has 0 aromatic heterocycles. The largest absolute Gasteiger partial charge is 0.305 e. The van der Waals surface area contributed by atoms with Gasteiger partial charge in [-0.1, -0.05) is 6.08 Å². The van der Waals surface area contributed by atoms with Crippen LogP contribution in [0.1, 0.15) is 13.3 Å². The number of hydrogen-bond acceptors (Lipinski definition) is 3. The van der Waals surface area contributed by atoms with Gasteiger partial charge in [-0.25, -0.2) is 0 Å². The lowest BCUT2D eigenvalue weighted by atomic mass is 10.2. The maximum atomic E-state index is 10.4. The lowest BCUT2D eigenvalue weighted by molar-refractivity contribution is -0.116. The fourth-order valence-electron chi connectivity index (χ4n) is 0.389. The molecule has 0 aromatic rings. The third-order valence-corrected chi connectivity index (χ3v) is 0.830. The van der Waals surface area contributed by atoms with E-state index in [1.165, 1.54) is 19.1 Å². The summed E-state index contributed by atoms with van der Waals surface area (Å²) in [4.78, 5) is 20.6. The van der Waals surface area contributed by atoms with Gasteiger partial charge in [-0.2, -0.15) is 0 Å². The summed E-state index contributed by atoms with van der Waals surface area (Å²) in [5.74, 6) is -0.379. The molecule has 0 spiro atoms. The van der Waals surface area contributed by atoms with E-state index >= 15 is 0 Å². The van der Waals surface area contributed by atoms with Gasteiger partial charge in [-0.15, -0.1) is 0 Å². The Bertz CT molecular complexity index is 182. The molecule has 0 unspecified atom stereocenters. The maximum Gasteiger partial charge on any atom is 0.195 e. The molecule has 0 rings (SSSR count). The molecule has 0 radical (unpaired) electrons. The summed E-state index contributed by atoms with van der Waals surface area (Å²) in [6.45, 7) is 1.44. The van der Waals surface area contributed by atoms with Crippen molar-refractivity contribution < 1.29 is 9.59 Å². The highest BCUT2D eigenvalue weighted by Gasteiger charge is 1.88. The Morgan fingerprint density at radius 1 is 1.50 bits per heavy atom. The predicted octanol–water partition coefficient (Wildman–Crippen LogP) is 0.740. The van der Waals surface area contributed by atoms with Crippen LogP contribution in [0.2, 0.25) is 0 Å². The first kappa shape index (κ1) is 8.75. The van der Waals surface area contributed by atoms with Crippen LogP contribution in [0.15, 0.2) is 12.2 Å². The Morgan fingerprint density at radius 3 is 2.50 bits per heavy atom. The quantitative estimate of drug-likeness (QED) is 0.461. The molecule has 1 N–H and O–H groups in total. The number of carbonyl (C=O) groups is 2. The Labute approximate surface area is 59.2 Å². The minimum Gasteiger partial charge on any atom is -0.305 e. The topological polar surface area (TPSA) is 58.0 Å². The predicted molar refractivity (Wildman–Crippen MR) is 38.2 cm³/mol. The fraction of sp³-hybridized carbons (Fsp3) is 0.286. The molecule has 0 atom stereocenters. The van der Waals surface area contributed by atoms with Crippen molar-refractivity contribution in [3.63, 3.8) is 0 Å². The molecule has 0 heterocycles. The second-order valence-corrected chi connectivity index (χ2v) is 1.86. The van der Waals surface area contributed by atoms with E-state index in [9.17, 15) is 9.59 Å². The molecule has 10 heavy (non-hydrogen) atoms. The Kier molecular flexibility index (Phi) is 4.04. The van der Waals surface area contributed by atoms with E-state index in [0.717, 1.165) is 0 Å². The van der Waals surface area contributed by atoms with Crippen molar-refractivity contribution in [3.05, 3.63) is 12.2 Å². The van der Waals surface area contributed by atoms with E-state index in [4.69, 9.17) is 5.41 Å². The van der Waals surface area contributed by atoms with Crippen molar-refractivity contribution in [3.8, 4) is 0 Å². The molecule has 3 heteroatoms. The van der Waals surface area contributed by atoms with Crippen LogP contribution in [0.25, 0.3) is 0 Å². The highest BCUT2D eigenvalue weighted by molar-refractivity contribution is 6.31. The van der Waals surface area contributed by atoms with Crippen molar-refractivity contribution in [2.45, 2.75) is 13.3 Å². The normalized spacial score (nSPS) is 9.70. The van der Waals surface area contributed by atoms with Gasteiger partial charge < -0.3 is 5.41 Å². The zero-order chi connectivity index (χ0) is 7.98. The summed E-state index contributed by atoms with van der Waals surface area (Å²) in [7, 11) is 0. The number of Topliss-reactive ketones (excluding diaryl/α,β-unsaturated/α-hetero) is 1. The highest BCUT2D eigenvalue weighted by Crippen LogP contribution is 1.83. The summed E-state index contributed by atoms with van der Waals surface area (Å²) in [5, 5.41) is 6.48. The molecule has 0 aromatic carbocycles. The van der Waals surface area contributed by atoms with Crippen LogP contribution in [-0.4, -0.2) is 17.8 Å². The van der Waals surface area contributed by atoms with Crippen molar-refractivity contribution in [2.24, 2.45) is 0 Å². The van der Waals surface area contributed by atoms with Crippen LogP contribution in [0.4, 0.5) is 0 Å². The number of ketones is 2. The molecule has 0 aliphatic heterocycles. The first-order chi connectivity index (χ1) is 4.66. The molecule has 0 aliphatic rings. The van der Waals surface area contributed by atoms with E-state index in [1.54, 1.807) is 0 Å².